The number of H-pyrrole nitrogens is 1. The molecule has 0 radical (unpaired) electrons. The van der Waals surface area contributed by atoms with Gasteiger partial charge in [0.05, 0.1) is 12.9 Å². The molecule has 6 nitrogen and oxygen atoms in total. The summed E-state index contributed by atoms with van der Waals surface area (Å²) in [5.41, 5.74) is 5.02. The van der Waals surface area contributed by atoms with E-state index in [4.69, 9.17) is 10.8 Å². The zero-order chi connectivity index (χ0) is 8.97. The van der Waals surface area contributed by atoms with Gasteiger partial charge in [0.1, 0.15) is 5.69 Å². The molecule has 5 N–H and O–H groups in total. The van der Waals surface area contributed by atoms with Gasteiger partial charge in [-0.15, -0.1) is 0 Å². The van der Waals surface area contributed by atoms with Gasteiger partial charge in [0.2, 0.25) is 0 Å². The molecule has 0 saturated carbocycles. The molecule has 66 valence electrons. The van der Waals surface area contributed by atoms with Gasteiger partial charge < -0.3 is 21.1 Å². The van der Waals surface area contributed by atoms with Crippen LogP contribution < -0.4 is 16.6 Å². The standard InChI is InChI=1S/C6H10N4O2/c7-4-5(8-1-2-11)9-3-10-6(4)12/h3,11H,1-2,7H2,(H2,8,9,10,12). The number of hydrogen-bond donors (Lipinski definition) is 4. The first-order valence-corrected chi connectivity index (χ1v) is 3.43. The monoisotopic (exact) mass is 170 g/mol. The molecule has 12 heavy (non-hydrogen) atoms. The van der Waals surface area contributed by atoms with E-state index in [1.165, 1.54) is 6.33 Å². The molecule has 0 aliphatic rings. The molecule has 1 heterocycles. The predicted molar refractivity (Wildman–Crippen MR) is 44.8 cm³/mol. The summed E-state index contributed by atoms with van der Waals surface area (Å²) in [6, 6.07) is 0. The van der Waals surface area contributed by atoms with Gasteiger partial charge in [0.15, 0.2) is 5.82 Å². The van der Waals surface area contributed by atoms with E-state index in [0.29, 0.717) is 12.4 Å². The molecule has 0 bridgehead atoms. The van der Waals surface area contributed by atoms with Gasteiger partial charge in [-0.25, -0.2) is 4.98 Å². The van der Waals surface area contributed by atoms with Crippen molar-refractivity contribution in [3.63, 3.8) is 0 Å². The highest BCUT2D eigenvalue weighted by molar-refractivity contribution is 5.58. The van der Waals surface area contributed by atoms with Crippen LogP contribution in [0.25, 0.3) is 0 Å². The minimum Gasteiger partial charge on any atom is -0.395 e. The maximum Gasteiger partial charge on any atom is 0.276 e. The second-order valence-electron chi connectivity index (χ2n) is 2.14. The molecule has 0 unspecified atom stereocenters. The fourth-order valence-electron chi connectivity index (χ4n) is 0.725. The third-order valence-electron chi connectivity index (χ3n) is 1.29. The van der Waals surface area contributed by atoms with Crippen molar-refractivity contribution in [3.05, 3.63) is 16.7 Å². The lowest BCUT2D eigenvalue weighted by atomic mass is 10.4. The van der Waals surface area contributed by atoms with Crippen molar-refractivity contribution in [2.24, 2.45) is 0 Å². The van der Waals surface area contributed by atoms with Crippen LogP contribution in [0.4, 0.5) is 11.5 Å². The first-order chi connectivity index (χ1) is 5.75. The zero-order valence-electron chi connectivity index (χ0n) is 6.37. The van der Waals surface area contributed by atoms with Gasteiger partial charge in [-0.3, -0.25) is 4.79 Å². The summed E-state index contributed by atoms with van der Waals surface area (Å²) >= 11 is 0. The molecule has 0 saturated heterocycles. The molecule has 1 rings (SSSR count). The number of rotatable bonds is 3. The number of aliphatic hydroxyl groups is 1. The fraction of sp³-hybridized carbons (Fsp3) is 0.333. The lowest BCUT2D eigenvalue weighted by Gasteiger charge is -2.03. The summed E-state index contributed by atoms with van der Waals surface area (Å²) in [5, 5.41) is 11.2. The minimum absolute atomic E-state index is 0.0333. The van der Waals surface area contributed by atoms with Crippen LogP contribution >= 0.6 is 0 Å². The molecule has 1 aromatic rings. The normalized spacial score (nSPS) is 9.75. The Balaban J connectivity index is 2.85. The largest absolute Gasteiger partial charge is 0.395 e. The number of nitrogens with two attached hydrogens (primary N) is 1. The highest BCUT2D eigenvalue weighted by Gasteiger charge is 2.01. The topological polar surface area (TPSA) is 104 Å². The van der Waals surface area contributed by atoms with E-state index in [-0.39, 0.29) is 17.9 Å². The van der Waals surface area contributed by atoms with E-state index in [2.05, 4.69) is 15.3 Å². The van der Waals surface area contributed by atoms with E-state index in [1.807, 2.05) is 0 Å². The van der Waals surface area contributed by atoms with Crippen molar-refractivity contribution < 1.29 is 5.11 Å². The molecule has 0 fully saturated rings. The number of nitrogens with one attached hydrogen (secondary N) is 2. The van der Waals surface area contributed by atoms with Crippen LogP contribution in [0.3, 0.4) is 0 Å². The Morgan fingerprint density at radius 1 is 1.75 bits per heavy atom. The fourth-order valence-corrected chi connectivity index (χ4v) is 0.725. The van der Waals surface area contributed by atoms with Crippen molar-refractivity contribution in [3.8, 4) is 0 Å². The van der Waals surface area contributed by atoms with Crippen LogP contribution in [0.1, 0.15) is 0 Å². The number of nitrogen functional groups attached to an aromatic ring is 1. The van der Waals surface area contributed by atoms with Gasteiger partial charge in [-0.05, 0) is 0 Å². The average Bonchev–Trinajstić information content (AvgIpc) is 2.08. The van der Waals surface area contributed by atoms with Crippen molar-refractivity contribution >= 4 is 11.5 Å². The van der Waals surface area contributed by atoms with Gasteiger partial charge in [-0.2, -0.15) is 0 Å². The summed E-state index contributed by atoms with van der Waals surface area (Å²) in [4.78, 5) is 17.0. The van der Waals surface area contributed by atoms with Crippen molar-refractivity contribution in [2.75, 3.05) is 24.2 Å². The van der Waals surface area contributed by atoms with Crippen molar-refractivity contribution in [1.82, 2.24) is 9.97 Å². The summed E-state index contributed by atoms with van der Waals surface area (Å²) < 4.78 is 0. The quantitative estimate of drug-likeness (QED) is 0.454. The van der Waals surface area contributed by atoms with E-state index < -0.39 is 0 Å². The highest BCUT2D eigenvalue weighted by Crippen LogP contribution is 2.05. The van der Waals surface area contributed by atoms with Crippen LogP contribution in [-0.2, 0) is 0 Å². The van der Waals surface area contributed by atoms with E-state index in [9.17, 15) is 4.79 Å². The highest BCUT2D eigenvalue weighted by atomic mass is 16.3. The number of aliphatic hydroxyl groups excluding tert-OH is 1. The maximum atomic E-state index is 10.9. The number of hydrogen-bond acceptors (Lipinski definition) is 5. The first kappa shape index (κ1) is 8.54. The number of aromatic amines is 1. The summed E-state index contributed by atoms with van der Waals surface area (Å²) in [5.74, 6) is 0.299. The van der Waals surface area contributed by atoms with Gasteiger partial charge in [-0.1, -0.05) is 0 Å². The summed E-state index contributed by atoms with van der Waals surface area (Å²) in [7, 11) is 0. The molecule has 0 aliphatic heterocycles. The van der Waals surface area contributed by atoms with Crippen molar-refractivity contribution in [2.45, 2.75) is 0 Å². The Kier molecular flexibility index (Phi) is 2.65. The van der Waals surface area contributed by atoms with E-state index in [1.54, 1.807) is 0 Å². The van der Waals surface area contributed by atoms with Crippen LogP contribution in [0, 0.1) is 0 Å². The molecule has 1 aromatic heterocycles. The molecule has 0 aliphatic carbocycles. The SMILES string of the molecule is Nc1c(NCCO)nc[nH]c1=O. The van der Waals surface area contributed by atoms with Gasteiger partial charge in [0, 0.05) is 6.54 Å². The molecule has 6 heteroatoms. The Bertz CT molecular complexity index is 309. The number of nitrogens with zero attached hydrogens (tertiary/aromatic N) is 1. The average molecular weight is 170 g/mol. The van der Waals surface area contributed by atoms with Crippen LogP contribution in [0.5, 0.6) is 0 Å². The van der Waals surface area contributed by atoms with Crippen LogP contribution in [0.15, 0.2) is 11.1 Å². The molecular formula is C6H10N4O2. The lowest BCUT2D eigenvalue weighted by molar-refractivity contribution is 0.311. The van der Waals surface area contributed by atoms with Gasteiger partial charge in [0.25, 0.3) is 5.56 Å². The second-order valence-corrected chi connectivity index (χ2v) is 2.14. The van der Waals surface area contributed by atoms with Crippen LogP contribution in [-0.4, -0.2) is 28.2 Å². The number of aromatic nitrogens is 2. The third kappa shape index (κ3) is 1.73. The van der Waals surface area contributed by atoms with Crippen LogP contribution in [0.2, 0.25) is 0 Å². The molecule has 0 atom stereocenters. The van der Waals surface area contributed by atoms with Gasteiger partial charge >= 0.3 is 0 Å². The summed E-state index contributed by atoms with van der Waals surface area (Å²) in [6.45, 7) is 0.286. The Labute approximate surface area is 68.4 Å². The molecular weight excluding hydrogens is 160 g/mol. The third-order valence-corrected chi connectivity index (χ3v) is 1.29. The first-order valence-electron chi connectivity index (χ1n) is 3.43. The lowest BCUT2D eigenvalue weighted by Crippen LogP contribution is -2.17. The zero-order valence-corrected chi connectivity index (χ0v) is 6.37. The minimum atomic E-state index is -0.384. The molecule has 0 aromatic carbocycles. The Morgan fingerprint density at radius 3 is 3.17 bits per heavy atom. The second kappa shape index (κ2) is 3.72. The Morgan fingerprint density at radius 2 is 2.50 bits per heavy atom. The van der Waals surface area contributed by atoms with E-state index in [0.717, 1.165) is 0 Å². The van der Waals surface area contributed by atoms with E-state index >= 15 is 0 Å². The maximum absolute atomic E-state index is 10.9. The summed E-state index contributed by atoms with van der Waals surface area (Å²) in [6.07, 6.45) is 1.25. The Hall–Kier alpha value is -1.56. The predicted octanol–water partition coefficient (Wildman–Crippen LogP) is -1.24. The van der Waals surface area contributed by atoms with Crippen molar-refractivity contribution in [1.29, 1.82) is 0 Å². The smallest absolute Gasteiger partial charge is 0.276 e. The molecule has 0 spiro atoms. The number of anilines is 2. The molecule has 0 amide bonds.